The van der Waals surface area contributed by atoms with Gasteiger partial charge in [-0.25, -0.2) is 4.79 Å². The molecule has 3 N–H and O–H groups in total. The Balaban J connectivity index is 0.000000370. The number of halogens is 3. The molecule has 0 spiro atoms. The molecule has 2 atom stereocenters. The van der Waals surface area contributed by atoms with Gasteiger partial charge in [-0.3, -0.25) is 9.59 Å². The molecule has 29 heavy (non-hydrogen) atoms. The molecule has 2 saturated heterocycles. The molecule has 0 aromatic heterocycles. The Hall–Kier alpha value is -2.62. The quantitative estimate of drug-likeness (QED) is 0.695. The Bertz CT molecular complexity index is 706. The lowest BCUT2D eigenvalue weighted by Crippen LogP contribution is -2.50. The van der Waals surface area contributed by atoms with E-state index < -0.39 is 12.1 Å². The summed E-state index contributed by atoms with van der Waals surface area (Å²) in [7, 11) is 0. The number of alkyl halides is 3. The predicted molar refractivity (Wildman–Crippen MR) is 97.7 cm³/mol. The minimum Gasteiger partial charge on any atom is -0.475 e. The lowest BCUT2D eigenvalue weighted by atomic mass is 10.1. The highest BCUT2D eigenvalue weighted by Crippen LogP contribution is 2.21. The van der Waals surface area contributed by atoms with Gasteiger partial charge in [0.05, 0.1) is 6.04 Å². The molecule has 7 nitrogen and oxygen atoms in total. The number of carbonyl (C=O) groups excluding carboxylic acids is 2. The molecule has 1 aromatic rings. The highest BCUT2D eigenvalue weighted by atomic mass is 19.4. The molecule has 160 valence electrons. The van der Waals surface area contributed by atoms with Crippen LogP contribution < -0.4 is 10.6 Å². The van der Waals surface area contributed by atoms with Gasteiger partial charge in [-0.15, -0.1) is 0 Å². The monoisotopic (exact) mass is 415 g/mol. The summed E-state index contributed by atoms with van der Waals surface area (Å²) in [5.41, 5.74) is 1.07. The third kappa shape index (κ3) is 6.74. The van der Waals surface area contributed by atoms with E-state index in [1.165, 1.54) is 0 Å². The standard InChI is InChI=1S/C17H23N3O2.C2HF3O2/c21-16(19-12-13-6-2-1-3-7-13)15-9-5-11-20(15)17(22)14-8-4-10-18-14;3-2(4,5)1(6)7/h1-3,6-7,14-15,18H,4-5,8-12H2,(H,19,21);(H,6,7)/t14-,15-;/m1./s1. The number of likely N-dealkylation sites (tertiary alicyclic amines) is 1. The van der Waals surface area contributed by atoms with E-state index >= 15 is 0 Å². The highest BCUT2D eigenvalue weighted by Gasteiger charge is 2.38. The summed E-state index contributed by atoms with van der Waals surface area (Å²) in [6.07, 6.45) is -1.50. The van der Waals surface area contributed by atoms with E-state index in [0.29, 0.717) is 13.1 Å². The normalized spacial score (nSPS) is 21.3. The third-order valence-corrected chi connectivity index (χ3v) is 4.75. The average Bonchev–Trinajstić information content (AvgIpc) is 3.38. The largest absolute Gasteiger partial charge is 0.490 e. The minimum absolute atomic E-state index is 0.0345. The van der Waals surface area contributed by atoms with Crippen molar-refractivity contribution in [3.8, 4) is 0 Å². The van der Waals surface area contributed by atoms with Gasteiger partial charge in [0, 0.05) is 13.1 Å². The first-order valence-electron chi connectivity index (χ1n) is 9.35. The van der Waals surface area contributed by atoms with Crippen LogP contribution in [0.4, 0.5) is 13.2 Å². The van der Waals surface area contributed by atoms with E-state index in [1.807, 2.05) is 30.3 Å². The second-order valence-corrected chi connectivity index (χ2v) is 6.84. The van der Waals surface area contributed by atoms with Crippen LogP contribution in [0.1, 0.15) is 31.2 Å². The van der Waals surface area contributed by atoms with Gasteiger partial charge in [0.2, 0.25) is 11.8 Å². The maximum absolute atomic E-state index is 12.5. The van der Waals surface area contributed by atoms with Crippen molar-refractivity contribution in [2.45, 2.75) is 50.5 Å². The van der Waals surface area contributed by atoms with Gasteiger partial charge >= 0.3 is 12.1 Å². The van der Waals surface area contributed by atoms with Crippen LogP contribution in [-0.4, -0.2) is 59.1 Å². The number of nitrogens with zero attached hydrogens (tertiary/aromatic N) is 1. The zero-order valence-electron chi connectivity index (χ0n) is 15.7. The van der Waals surface area contributed by atoms with Crippen molar-refractivity contribution in [1.29, 1.82) is 0 Å². The molecule has 1 aromatic carbocycles. The fourth-order valence-corrected chi connectivity index (χ4v) is 3.30. The summed E-state index contributed by atoms with van der Waals surface area (Å²) in [4.78, 5) is 35.6. The van der Waals surface area contributed by atoms with Crippen molar-refractivity contribution in [3.63, 3.8) is 0 Å². The second-order valence-electron chi connectivity index (χ2n) is 6.84. The first kappa shape index (κ1) is 22.7. The summed E-state index contributed by atoms with van der Waals surface area (Å²) < 4.78 is 31.7. The smallest absolute Gasteiger partial charge is 0.475 e. The predicted octanol–water partition coefficient (Wildman–Crippen LogP) is 1.68. The molecule has 0 unspecified atom stereocenters. The molecule has 0 radical (unpaired) electrons. The lowest BCUT2D eigenvalue weighted by molar-refractivity contribution is -0.192. The molecule has 2 aliphatic rings. The number of hydrogen-bond acceptors (Lipinski definition) is 4. The van der Waals surface area contributed by atoms with Crippen LogP contribution >= 0.6 is 0 Å². The summed E-state index contributed by atoms with van der Waals surface area (Å²) >= 11 is 0. The molecule has 0 bridgehead atoms. The number of carboxylic acid groups (broad SMARTS) is 1. The molecule has 3 rings (SSSR count). The summed E-state index contributed by atoms with van der Waals surface area (Å²) in [5.74, 6) is -2.70. The topological polar surface area (TPSA) is 98.7 Å². The van der Waals surface area contributed by atoms with E-state index in [0.717, 1.165) is 37.8 Å². The van der Waals surface area contributed by atoms with E-state index in [-0.39, 0.29) is 23.9 Å². The Labute approximate surface area is 166 Å². The molecule has 0 aliphatic carbocycles. The van der Waals surface area contributed by atoms with E-state index in [9.17, 15) is 22.8 Å². The van der Waals surface area contributed by atoms with Crippen molar-refractivity contribution in [1.82, 2.24) is 15.5 Å². The second kappa shape index (κ2) is 10.2. The van der Waals surface area contributed by atoms with Gasteiger partial charge in [0.1, 0.15) is 6.04 Å². The van der Waals surface area contributed by atoms with Crippen molar-refractivity contribution in [3.05, 3.63) is 35.9 Å². The summed E-state index contributed by atoms with van der Waals surface area (Å²) in [6, 6.07) is 9.44. The molecule has 2 aliphatic heterocycles. The van der Waals surface area contributed by atoms with Crippen LogP contribution in [0.5, 0.6) is 0 Å². The van der Waals surface area contributed by atoms with Gasteiger partial charge in [-0.1, -0.05) is 30.3 Å². The van der Waals surface area contributed by atoms with Crippen molar-refractivity contribution < 1.29 is 32.7 Å². The Morgan fingerprint density at radius 1 is 1.14 bits per heavy atom. The maximum atomic E-state index is 12.5. The molecular weight excluding hydrogens is 391 g/mol. The molecule has 0 saturated carbocycles. The number of carboxylic acids is 1. The van der Waals surface area contributed by atoms with E-state index in [1.54, 1.807) is 4.90 Å². The molecule has 2 amide bonds. The van der Waals surface area contributed by atoms with Crippen molar-refractivity contribution in [2.24, 2.45) is 0 Å². The lowest BCUT2D eigenvalue weighted by Gasteiger charge is -2.26. The van der Waals surface area contributed by atoms with Crippen molar-refractivity contribution in [2.75, 3.05) is 13.1 Å². The number of amides is 2. The Morgan fingerprint density at radius 3 is 2.34 bits per heavy atom. The third-order valence-electron chi connectivity index (χ3n) is 4.75. The number of hydrogen-bond donors (Lipinski definition) is 3. The summed E-state index contributed by atoms with van der Waals surface area (Å²) in [6.45, 7) is 2.11. The number of carbonyl (C=O) groups is 3. The zero-order chi connectivity index (χ0) is 21.4. The number of rotatable bonds is 4. The van der Waals surface area contributed by atoms with Crippen LogP contribution in [0.3, 0.4) is 0 Å². The van der Waals surface area contributed by atoms with Gasteiger partial charge in [0.15, 0.2) is 0 Å². The zero-order valence-corrected chi connectivity index (χ0v) is 15.7. The molecule has 2 heterocycles. The van der Waals surface area contributed by atoms with Crippen LogP contribution in [0.2, 0.25) is 0 Å². The van der Waals surface area contributed by atoms with Gasteiger partial charge < -0.3 is 20.6 Å². The van der Waals surface area contributed by atoms with Crippen LogP contribution in [-0.2, 0) is 20.9 Å². The van der Waals surface area contributed by atoms with Crippen LogP contribution in [0.15, 0.2) is 30.3 Å². The SMILES string of the molecule is O=C(NCc1ccccc1)[C@H]1CCCN1C(=O)[C@H]1CCCN1.O=C(O)C(F)(F)F. The van der Waals surface area contributed by atoms with E-state index in [2.05, 4.69) is 10.6 Å². The minimum atomic E-state index is -5.08. The Kier molecular flexibility index (Phi) is 8.00. The van der Waals surface area contributed by atoms with Crippen LogP contribution in [0.25, 0.3) is 0 Å². The highest BCUT2D eigenvalue weighted by molar-refractivity contribution is 5.90. The fourth-order valence-electron chi connectivity index (χ4n) is 3.30. The Morgan fingerprint density at radius 2 is 1.79 bits per heavy atom. The maximum Gasteiger partial charge on any atom is 0.490 e. The number of aliphatic carboxylic acids is 1. The molecular formula is C19H24F3N3O4. The average molecular weight is 415 g/mol. The van der Waals surface area contributed by atoms with Gasteiger partial charge in [-0.05, 0) is 37.8 Å². The molecule has 10 heteroatoms. The van der Waals surface area contributed by atoms with Crippen LogP contribution in [0, 0.1) is 0 Å². The molecule has 2 fully saturated rings. The summed E-state index contributed by atoms with van der Waals surface area (Å²) in [5, 5.41) is 13.3. The first-order chi connectivity index (χ1) is 13.7. The number of benzene rings is 1. The van der Waals surface area contributed by atoms with Gasteiger partial charge in [-0.2, -0.15) is 13.2 Å². The van der Waals surface area contributed by atoms with Crippen molar-refractivity contribution >= 4 is 17.8 Å². The van der Waals surface area contributed by atoms with Gasteiger partial charge in [0.25, 0.3) is 0 Å². The van der Waals surface area contributed by atoms with E-state index in [4.69, 9.17) is 9.90 Å². The number of nitrogens with one attached hydrogen (secondary N) is 2. The fraction of sp³-hybridized carbons (Fsp3) is 0.526. The first-order valence-corrected chi connectivity index (χ1v) is 9.35.